The molecule has 2 unspecified atom stereocenters. The third-order valence-electron chi connectivity index (χ3n) is 8.29. The van der Waals surface area contributed by atoms with Crippen molar-refractivity contribution in [2.75, 3.05) is 6.61 Å². The van der Waals surface area contributed by atoms with Gasteiger partial charge in [-0.25, -0.2) is 0 Å². The monoisotopic (exact) mass is 416 g/mol. The molecule has 0 amide bonds. The quantitative estimate of drug-likeness (QED) is 0.497. The van der Waals surface area contributed by atoms with Gasteiger partial charge in [-0.3, -0.25) is 0 Å². The molecule has 3 nitrogen and oxygen atoms in total. The van der Waals surface area contributed by atoms with E-state index in [9.17, 15) is 10.2 Å². The molecule has 3 heteroatoms. The van der Waals surface area contributed by atoms with Crippen LogP contribution in [0.3, 0.4) is 0 Å². The van der Waals surface area contributed by atoms with Crippen LogP contribution in [0.25, 0.3) is 0 Å². The summed E-state index contributed by atoms with van der Waals surface area (Å²) in [4.78, 5) is 0. The predicted molar refractivity (Wildman–Crippen MR) is 124 cm³/mol. The van der Waals surface area contributed by atoms with Gasteiger partial charge in [0.05, 0.1) is 12.2 Å². The summed E-state index contributed by atoms with van der Waals surface area (Å²) in [6, 6.07) is 0. The van der Waals surface area contributed by atoms with Crippen molar-refractivity contribution in [3.05, 3.63) is 34.9 Å². The van der Waals surface area contributed by atoms with E-state index < -0.39 is 12.2 Å². The highest BCUT2D eigenvalue weighted by Crippen LogP contribution is 2.60. The van der Waals surface area contributed by atoms with E-state index in [2.05, 4.69) is 39.8 Å². The fourth-order valence-electron chi connectivity index (χ4n) is 7.02. The maximum absolute atomic E-state index is 10.5. The summed E-state index contributed by atoms with van der Waals surface area (Å²) < 4.78 is 0. The van der Waals surface area contributed by atoms with Crippen LogP contribution >= 0.6 is 0 Å². The molecule has 0 aromatic carbocycles. The first-order valence-corrected chi connectivity index (χ1v) is 12.3. The van der Waals surface area contributed by atoms with Crippen LogP contribution in [0.1, 0.15) is 85.5 Å². The van der Waals surface area contributed by atoms with Crippen molar-refractivity contribution < 1.29 is 15.3 Å². The molecule has 0 aliphatic heterocycles. The molecule has 6 atom stereocenters. The van der Waals surface area contributed by atoms with Gasteiger partial charge in [0.15, 0.2) is 0 Å². The zero-order chi connectivity index (χ0) is 21.9. The molecule has 0 bridgehead atoms. The molecule has 3 aliphatic rings. The Morgan fingerprint density at radius 2 is 1.77 bits per heavy atom. The van der Waals surface area contributed by atoms with E-state index in [0.717, 1.165) is 23.3 Å². The Labute approximate surface area is 184 Å². The first-order valence-electron chi connectivity index (χ1n) is 12.3. The van der Waals surface area contributed by atoms with Crippen molar-refractivity contribution in [3.8, 4) is 0 Å². The van der Waals surface area contributed by atoms with Gasteiger partial charge in [-0.15, -0.1) is 0 Å². The van der Waals surface area contributed by atoms with Crippen LogP contribution in [-0.2, 0) is 0 Å². The lowest BCUT2D eigenvalue weighted by Gasteiger charge is -2.44. The van der Waals surface area contributed by atoms with Crippen LogP contribution in [0.5, 0.6) is 0 Å². The molecule has 3 rings (SSSR count). The highest BCUT2D eigenvalue weighted by Gasteiger charge is 2.50. The van der Waals surface area contributed by atoms with Crippen molar-refractivity contribution in [2.24, 2.45) is 29.1 Å². The van der Waals surface area contributed by atoms with Gasteiger partial charge >= 0.3 is 0 Å². The minimum absolute atomic E-state index is 0.0503. The number of rotatable bonds is 6. The summed E-state index contributed by atoms with van der Waals surface area (Å²) >= 11 is 0. The number of aliphatic hydroxyl groups excluding tert-OH is 3. The van der Waals surface area contributed by atoms with E-state index in [1.807, 2.05) is 0 Å². The smallest absolute Gasteiger partial charge is 0.0812 e. The van der Waals surface area contributed by atoms with Crippen LogP contribution in [0, 0.1) is 29.1 Å². The van der Waals surface area contributed by atoms with Crippen molar-refractivity contribution in [2.45, 2.75) is 97.7 Å². The second-order valence-corrected chi connectivity index (χ2v) is 10.9. The third-order valence-corrected chi connectivity index (χ3v) is 8.29. The number of hydrogen-bond donors (Lipinski definition) is 3. The SMILES string of the molecule is CC(C)C[C@@H](C)C1CCC2/C(=C/C=C3C[C@@H](O)C(=CCCO)[C@H](O)C3)CCC[C@@]21C. The topological polar surface area (TPSA) is 60.7 Å². The largest absolute Gasteiger partial charge is 0.396 e. The van der Waals surface area contributed by atoms with E-state index in [4.69, 9.17) is 5.11 Å². The second-order valence-electron chi connectivity index (χ2n) is 10.9. The van der Waals surface area contributed by atoms with E-state index in [-0.39, 0.29) is 6.61 Å². The lowest BCUT2D eigenvalue weighted by molar-refractivity contribution is 0.0893. The average molecular weight is 417 g/mol. The summed E-state index contributed by atoms with van der Waals surface area (Å²) in [5.41, 5.74) is 3.85. The molecule has 0 heterocycles. The van der Waals surface area contributed by atoms with Crippen LogP contribution in [0.4, 0.5) is 0 Å². The van der Waals surface area contributed by atoms with Gasteiger partial charge in [-0.2, -0.15) is 0 Å². The van der Waals surface area contributed by atoms with Gasteiger partial charge in [0, 0.05) is 6.61 Å². The number of allylic oxidation sites excluding steroid dienone is 3. The minimum Gasteiger partial charge on any atom is -0.396 e. The van der Waals surface area contributed by atoms with Gasteiger partial charge in [-0.05, 0) is 92.4 Å². The Hall–Kier alpha value is -0.900. The Balaban J connectivity index is 1.72. The number of fused-ring (bicyclic) bond motifs is 1. The van der Waals surface area contributed by atoms with Crippen molar-refractivity contribution in [1.82, 2.24) is 0 Å². The molecule has 0 saturated heterocycles. The zero-order valence-corrected chi connectivity index (χ0v) is 19.6. The van der Waals surface area contributed by atoms with Crippen LogP contribution in [0.2, 0.25) is 0 Å². The van der Waals surface area contributed by atoms with E-state index >= 15 is 0 Å². The molecule has 30 heavy (non-hydrogen) atoms. The van der Waals surface area contributed by atoms with Crippen molar-refractivity contribution in [1.29, 1.82) is 0 Å². The van der Waals surface area contributed by atoms with Crippen LogP contribution in [0.15, 0.2) is 34.9 Å². The van der Waals surface area contributed by atoms with Crippen molar-refractivity contribution >= 4 is 0 Å². The Morgan fingerprint density at radius 3 is 2.40 bits per heavy atom. The third kappa shape index (κ3) is 5.11. The zero-order valence-electron chi connectivity index (χ0n) is 19.6. The van der Waals surface area contributed by atoms with Crippen LogP contribution < -0.4 is 0 Å². The van der Waals surface area contributed by atoms with Gasteiger partial charge < -0.3 is 15.3 Å². The molecule has 170 valence electrons. The average Bonchev–Trinajstić information content (AvgIpc) is 3.03. The van der Waals surface area contributed by atoms with E-state index in [0.29, 0.717) is 36.2 Å². The summed E-state index contributed by atoms with van der Waals surface area (Å²) in [6.07, 6.45) is 14.6. The summed E-state index contributed by atoms with van der Waals surface area (Å²) in [5.74, 6) is 3.09. The summed E-state index contributed by atoms with van der Waals surface area (Å²) in [6.45, 7) is 9.78. The Bertz CT molecular complexity index is 658. The standard InChI is InChI=1S/C27H44O3/c1-18(2)15-19(3)23-11-12-24-21(7-5-13-27(23,24)4)10-9-20-16-25(29)22(8-6-14-28)26(30)17-20/h8-10,18-19,23-26,28-30H,5-7,11-17H2,1-4H3/b20-9?,21-10+,22-8?/t19-,23?,24?,25-,26-,27-/m1/s1. The Morgan fingerprint density at radius 1 is 1.07 bits per heavy atom. The summed E-state index contributed by atoms with van der Waals surface area (Å²) in [7, 11) is 0. The molecule has 3 aliphatic carbocycles. The molecule has 3 N–H and O–H groups in total. The Kier molecular flexibility index (Phi) is 8.03. The first kappa shape index (κ1) is 23.8. The molecule has 3 fully saturated rings. The van der Waals surface area contributed by atoms with E-state index in [1.54, 1.807) is 11.6 Å². The summed E-state index contributed by atoms with van der Waals surface area (Å²) in [5, 5.41) is 29.9. The minimum atomic E-state index is -0.630. The van der Waals surface area contributed by atoms with Gasteiger partial charge in [0.25, 0.3) is 0 Å². The van der Waals surface area contributed by atoms with Gasteiger partial charge in [0.2, 0.25) is 0 Å². The second kappa shape index (κ2) is 10.1. The number of hydrogen-bond acceptors (Lipinski definition) is 3. The maximum atomic E-state index is 10.5. The predicted octanol–water partition coefficient (Wildman–Crippen LogP) is 5.56. The highest BCUT2D eigenvalue weighted by molar-refractivity contribution is 5.30. The first-order chi connectivity index (χ1) is 14.3. The highest BCUT2D eigenvalue weighted by atomic mass is 16.3. The van der Waals surface area contributed by atoms with E-state index in [1.165, 1.54) is 38.5 Å². The van der Waals surface area contributed by atoms with Crippen molar-refractivity contribution in [3.63, 3.8) is 0 Å². The molecule has 0 spiro atoms. The maximum Gasteiger partial charge on any atom is 0.0812 e. The lowest BCUT2D eigenvalue weighted by atomic mass is 9.60. The molecule has 0 aromatic heterocycles. The molecule has 0 radical (unpaired) electrons. The van der Waals surface area contributed by atoms with Gasteiger partial charge in [0.1, 0.15) is 0 Å². The fourth-order valence-corrected chi connectivity index (χ4v) is 7.02. The lowest BCUT2D eigenvalue weighted by Crippen LogP contribution is -2.36. The van der Waals surface area contributed by atoms with Crippen LogP contribution in [-0.4, -0.2) is 34.1 Å². The molecular weight excluding hydrogens is 372 g/mol. The molecule has 3 saturated carbocycles. The molecular formula is C27H44O3. The normalized spacial score (nSPS) is 36.9. The fraction of sp³-hybridized carbons (Fsp3) is 0.778. The molecule has 0 aromatic rings. The van der Waals surface area contributed by atoms with Gasteiger partial charge in [-0.1, -0.05) is 57.1 Å². The number of aliphatic hydroxyl groups is 3.